The van der Waals surface area contributed by atoms with Crippen molar-refractivity contribution in [2.75, 3.05) is 25.6 Å². The zero-order valence-electron chi connectivity index (χ0n) is 13.3. The maximum atomic E-state index is 5.02. The Labute approximate surface area is 139 Å². The van der Waals surface area contributed by atoms with Gasteiger partial charge in [0.1, 0.15) is 0 Å². The van der Waals surface area contributed by atoms with Crippen LogP contribution >= 0.6 is 0 Å². The van der Waals surface area contributed by atoms with Gasteiger partial charge in [0, 0.05) is 37.0 Å². The SMILES string of the molecule is COCCNc1ncc2c(-c3ccc4ncccc4c3)ccn2n1. The lowest BCUT2D eigenvalue weighted by atomic mass is 10.0. The number of hydrogen-bond donors (Lipinski definition) is 1. The van der Waals surface area contributed by atoms with Gasteiger partial charge in [-0.15, -0.1) is 5.10 Å². The molecule has 6 heteroatoms. The maximum absolute atomic E-state index is 5.02. The molecule has 120 valence electrons. The predicted molar refractivity (Wildman–Crippen MR) is 94.1 cm³/mol. The molecule has 4 rings (SSSR count). The zero-order valence-corrected chi connectivity index (χ0v) is 13.3. The first-order valence-electron chi connectivity index (χ1n) is 7.77. The number of hydrogen-bond acceptors (Lipinski definition) is 5. The van der Waals surface area contributed by atoms with Crippen molar-refractivity contribution in [2.45, 2.75) is 0 Å². The number of pyridine rings is 1. The smallest absolute Gasteiger partial charge is 0.241 e. The van der Waals surface area contributed by atoms with Crippen LogP contribution in [-0.2, 0) is 4.74 Å². The summed E-state index contributed by atoms with van der Waals surface area (Å²) in [5.41, 5.74) is 4.19. The Kier molecular flexibility index (Phi) is 3.80. The molecule has 0 saturated carbocycles. The van der Waals surface area contributed by atoms with Crippen molar-refractivity contribution >= 4 is 22.4 Å². The van der Waals surface area contributed by atoms with Crippen LogP contribution in [0.3, 0.4) is 0 Å². The monoisotopic (exact) mass is 319 g/mol. The summed E-state index contributed by atoms with van der Waals surface area (Å²) in [6.45, 7) is 1.29. The molecule has 0 unspecified atom stereocenters. The number of rotatable bonds is 5. The van der Waals surface area contributed by atoms with Crippen molar-refractivity contribution in [2.24, 2.45) is 0 Å². The summed E-state index contributed by atoms with van der Waals surface area (Å²) in [7, 11) is 1.67. The van der Waals surface area contributed by atoms with Crippen LogP contribution in [-0.4, -0.2) is 39.8 Å². The van der Waals surface area contributed by atoms with E-state index in [1.54, 1.807) is 7.11 Å². The molecule has 0 aliphatic rings. The van der Waals surface area contributed by atoms with Crippen LogP contribution in [0.2, 0.25) is 0 Å². The molecule has 1 N–H and O–H groups in total. The summed E-state index contributed by atoms with van der Waals surface area (Å²) >= 11 is 0. The molecule has 0 fully saturated rings. The van der Waals surface area contributed by atoms with Crippen LogP contribution in [0.4, 0.5) is 5.95 Å². The average Bonchev–Trinajstić information content (AvgIpc) is 3.05. The Bertz CT molecular complexity index is 995. The minimum Gasteiger partial charge on any atom is -0.383 e. The first kappa shape index (κ1) is 14.6. The minimum absolute atomic E-state index is 0.587. The Hall–Kier alpha value is -2.99. The molecule has 0 amide bonds. The highest BCUT2D eigenvalue weighted by molar-refractivity contribution is 5.88. The van der Waals surface area contributed by atoms with E-state index in [-0.39, 0.29) is 0 Å². The van der Waals surface area contributed by atoms with Crippen LogP contribution in [0.5, 0.6) is 0 Å². The fourth-order valence-electron chi connectivity index (χ4n) is 2.73. The topological polar surface area (TPSA) is 64.3 Å². The summed E-state index contributed by atoms with van der Waals surface area (Å²) < 4.78 is 6.86. The van der Waals surface area contributed by atoms with Gasteiger partial charge in [-0.2, -0.15) is 0 Å². The van der Waals surface area contributed by atoms with Crippen molar-refractivity contribution < 1.29 is 4.74 Å². The van der Waals surface area contributed by atoms with Crippen molar-refractivity contribution in [3.63, 3.8) is 0 Å². The molecule has 0 spiro atoms. The van der Waals surface area contributed by atoms with Gasteiger partial charge in [0.25, 0.3) is 0 Å². The highest BCUT2D eigenvalue weighted by Gasteiger charge is 2.08. The molecular formula is C18H17N5O. The summed E-state index contributed by atoms with van der Waals surface area (Å²) in [6, 6.07) is 12.3. The van der Waals surface area contributed by atoms with E-state index in [1.165, 1.54) is 0 Å². The number of nitrogens with zero attached hydrogens (tertiary/aromatic N) is 4. The fourth-order valence-corrected chi connectivity index (χ4v) is 2.73. The minimum atomic E-state index is 0.587. The largest absolute Gasteiger partial charge is 0.383 e. The normalized spacial score (nSPS) is 11.2. The summed E-state index contributed by atoms with van der Waals surface area (Å²) in [4.78, 5) is 8.75. The third-order valence-corrected chi connectivity index (χ3v) is 3.92. The van der Waals surface area contributed by atoms with Gasteiger partial charge in [0.15, 0.2) is 0 Å². The Balaban J connectivity index is 1.70. The van der Waals surface area contributed by atoms with Gasteiger partial charge in [-0.05, 0) is 29.8 Å². The predicted octanol–water partition coefficient (Wildman–Crippen LogP) is 3.00. The lowest BCUT2D eigenvalue weighted by molar-refractivity contribution is 0.210. The first-order chi connectivity index (χ1) is 11.8. The molecule has 0 saturated heterocycles. The molecule has 6 nitrogen and oxygen atoms in total. The fraction of sp³-hybridized carbons (Fsp3) is 0.167. The molecule has 1 aromatic carbocycles. The molecule has 0 atom stereocenters. The van der Waals surface area contributed by atoms with Gasteiger partial charge in [-0.25, -0.2) is 9.50 Å². The van der Waals surface area contributed by atoms with Crippen molar-refractivity contribution in [1.82, 2.24) is 19.6 Å². The summed E-state index contributed by atoms with van der Waals surface area (Å²) in [5.74, 6) is 0.587. The van der Waals surface area contributed by atoms with Gasteiger partial charge < -0.3 is 10.1 Å². The third-order valence-electron chi connectivity index (χ3n) is 3.92. The highest BCUT2D eigenvalue weighted by atomic mass is 16.5. The third kappa shape index (κ3) is 2.68. The second kappa shape index (κ2) is 6.25. The molecular weight excluding hydrogens is 302 g/mol. The second-order valence-corrected chi connectivity index (χ2v) is 5.47. The lowest BCUT2D eigenvalue weighted by Crippen LogP contribution is -2.11. The van der Waals surface area contributed by atoms with Gasteiger partial charge in [-0.1, -0.05) is 12.1 Å². The Morgan fingerprint density at radius 3 is 3.04 bits per heavy atom. The number of nitrogens with one attached hydrogen (secondary N) is 1. The lowest BCUT2D eigenvalue weighted by Gasteiger charge is -2.05. The van der Waals surface area contributed by atoms with E-state index < -0.39 is 0 Å². The van der Waals surface area contributed by atoms with Crippen LogP contribution in [0.25, 0.3) is 27.5 Å². The molecule has 0 aliphatic carbocycles. The number of benzene rings is 1. The average molecular weight is 319 g/mol. The van der Waals surface area contributed by atoms with E-state index in [0.717, 1.165) is 27.5 Å². The van der Waals surface area contributed by atoms with Crippen molar-refractivity contribution in [3.05, 3.63) is 55.0 Å². The van der Waals surface area contributed by atoms with Gasteiger partial charge in [0.2, 0.25) is 5.95 Å². The van der Waals surface area contributed by atoms with Gasteiger partial charge in [-0.3, -0.25) is 4.98 Å². The molecule has 3 aromatic heterocycles. The molecule has 0 radical (unpaired) electrons. The molecule has 3 heterocycles. The number of ether oxygens (including phenoxy) is 1. The van der Waals surface area contributed by atoms with Crippen LogP contribution in [0.15, 0.2) is 55.0 Å². The van der Waals surface area contributed by atoms with Crippen LogP contribution < -0.4 is 5.32 Å². The first-order valence-corrected chi connectivity index (χ1v) is 7.77. The highest BCUT2D eigenvalue weighted by Crippen LogP contribution is 2.27. The van der Waals surface area contributed by atoms with Gasteiger partial charge in [0.05, 0.1) is 23.8 Å². The number of anilines is 1. The Morgan fingerprint density at radius 2 is 2.12 bits per heavy atom. The van der Waals surface area contributed by atoms with E-state index in [4.69, 9.17) is 4.74 Å². The van der Waals surface area contributed by atoms with E-state index in [1.807, 2.05) is 35.2 Å². The zero-order chi connectivity index (χ0) is 16.4. The van der Waals surface area contributed by atoms with Crippen molar-refractivity contribution in [1.29, 1.82) is 0 Å². The molecule has 4 aromatic rings. The van der Waals surface area contributed by atoms with Crippen LogP contribution in [0, 0.1) is 0 Å². The number of methoxy groups -OCH3 is 1. The summed E-state index contributed by atoms with van der Waals surface area (Å²) in [5, 5.41) is 8.74. The number of fused-ring (bicyclic) bond motifs is 2. The molecule has 24 heavy (non-hydrogen) atoms. The van der Waals surface area contributed by atoms with Crippen molar-refractivity contribution in [3.8, 4) is 11.1 Å². The summed E-state index contributed by atoms with van der Waals surface area (Å²) in [6.07, 6.45) is 5.59. The van der Waals surface area contributed by atoms with Crippen LogP contribution in [0.1, 0.15) is 0 Å². The molecule has 0 aliphatic heterocycles. The Morgan fingerprint density at radius 1 is 1.17 bits per heavy atom. The van der Waals surface area contributed by atoms with Gasteiger partial charge >= 0.3 is 0 Å². The number of aromatic nitrogens is 4. The quantitative estimate of drug-likeness (QED) is 0.573. The van der Waals surface area contributed by atoms with E-state index >= 15 is 0 Å². The van der Waals surface area contributed by atoms with E-state index in [9.17, 15) is 0 Å². The standard InChI is InChI=1S/C18H17N5O/c1-24-10-8-20-18-21-12-17-15(6-9-23(17)22-18)13-4-5-16-14(11-13)3-2-7-19-16/h2-7,9,11-12H,8,10H2,1H3,(H,20,22). The maximum Gasteiger partial charge on any atom is 0.241 e. The second-order valence-electron chi connectivity index (χ2n) is 5.47. The van der Waals surface area contributed by atoms with E-state index in [0.29, 0.717) is 19.1 Å². The molecule has 0 bridgehead atoms. The van der Waals surface area contributed by atoms with E-state index in [2.05, 4.69) is 44.6 Å².